The van der Waals surface area contributed by atoms with Crippen molar-refractivity contribution < 1.29 is 9.52 Å². The molecule has 2 heterocycles. The summed E-state index contributed by atoms with van der Waals surface area (Å²) >= 11 is 1.54. The smallest absolute Gasteiger partial charge is 0.132 e. The molecule has 68 valence electrons. The van der Waals surface area contributed by atoms with Gasteiger partial charge in [-0.3, -0.25) is 0 Å². The summed E-state index contributed by atoms with van der Waals surface area (Å²) in [7, 11) is 0. The van der Waals surface area contributed by atoms with Gasteiger partial charge in [-0.1, -0.05) is 0 Å². The third-order valence-electron chi connectivity index (χ3n) is 1.72. The lowest BCUT2D eigenvalue weighted by atomic mass is 10.2. The molecule has 0 saturated heterocycles. The van der Waals surface area contributed by atoms with Gasteiger partial charge in [0.15, 0.2) is 0 Å². The van der Waals surface area contributed by atoms with Crippen LogP contribution in [0.1, 0.15) is 16.9 Å². The van der Waals surface area contributed by atoms with Crippen molar-refractivity contribution in [3.63, 3.8) is 0 Å². The molecule has 1 unspecified atom stereocenters. The van der Waals surface area contributed by atoms with Crippen molar-refractivity contribution in [2.75, 3.05) is 0 Å². The van der Waals surface area contributed by atoms with Gasteiger partial charge in [0.25, 0.3) is 0 Å². The Balaban J connectivity index is 2.04. The van der Waals surface area contributed by atoms with E-state index in [-0.39, 0.29) is 0 Å². The normalized spacial score (nSPS) is 13.0. The second-order valence-electron chi connectivity index (χ2n) is 2.66. The lowest BCUT2D eigenvalue weighted by Gasteiger charge is -2.03. The molecule has 0 aromatic carbocycles. The van der Waals surface area contributed by atoms with Crippen molar-refractivity contribution in [2.45, 2.75) is 12.5 Å². The van der Waals surface area contributed by atoms with E-state index >= 15 is 0 Å². The van der Waals surface area contributed by atoms with E-state index in [0.29, 0.717) is 12.2 Å². The highest BCUT2D eigenvalue weighted by Gasteiger charge is 2.12. The molecule has 0 amide bonds. The third-order valence-corrected chi connectivity index (χ3v) is 2.52. The van der Waals surface area contributed by atoms with E-state index in [4.69, 9.17) is 4.42 Å². The Labute approximate surface area is 79.7 Å². The van der Waals surface area contributed by atoms with E-state index in [2.05, 4.69) is 4.98 Å². The summed E-state index contributed by atoms with van der Waals surface area (Å²) in [5.41, 5.74) is 0. The summed E-state index contributed by atoms with van der Waals surface area (Å²) in [4.78, 5) is 4.08. The molecule has 2 rings (SSSR count). The minimum atomic E-state index is -0.582. The predicted octanol–water partition coefficient (Wildman–Crippen LogP) is 2.01. The SMILES string of the molecule is OC(Cc1nccs1)c1ccco1. The molecule has 2 aromatic rings. The standard InChI is InChI=1S/C9H9NO2S/c11-7(8-2-1-4-12-8)6-9-10-3-5-13-9/h1-5,7,11H,6H2. The number of aliphatic hydroxyl groups is 1. The van der Waals surface area contributed by atoms with E-state index in [1.165, 1.54) is 11.3 Å². The monoisotopic (exact) mass is 195 g/mol. The lowest BCUT2D eigenvalue weighted by molar-refractivity contribution is 0.150. The number of aromatic nitrogens is 1. The van der Waals surface area contributed by atoms with E-state index < -0.39 is 6.10 Å². The number of hydrogen-bond acceptors (Lipinski definition) is 4. The fourth-order valence-corrected chi connectivity index (χ4v) is 1.76. The van der Waals surface area contributed by atoms with Gasteiger partial charge < -0.3 is 9.52 Å². The maximum Gasteiger partial charge on any atom is 0.132 e. The third kappa shape index (κ3) is 1.96. The highest BCUT2D eigenvalue weighted by atomic mass is 32.1. The zero-order valence-electron chi connectivity index (χ0n) is 6.88. The van der Waals surface area contributed by atoms with Crippen molar-refractivity contribution in [3.8, 4) is 0 Å². The number of rotatable bonds is 3. The minimum Gasteiger partial charge on any atom is -0.467 e. The molecule has 2 aromatic heterocycles. The van der Waals surface area contributed by atoms with Gasteiger partial charge >= 0.3 is 0 Å². The molecular weight excluding hydrogens is 186 g/mol. The molecule has 1 atom stereocenters. The summed E-state index contributed by atoms with van der Waals surface area (Å²) in [5, 5.41) is 12.5. The van der Waals surface area contributed by atoms with E-state index in [1.54, 1.807) is 24.6 Å². The highest BCUT2D eigenvalue weighted by molar-refractivity contribution is 7.09. The van der Waals surface area contributed by atoms with Gasteiger partial charge in [-0.05, 0) is 12.1 Å². The highest BCUT2D eigenvalue weighted by Crippen LogP contribution is 2.19. The molecule has 0 bridgehead atoms. The van der Waals surface area contributed by atoms with Crippen LogP contribution in [0, 0.1) is 0 Å². The van der Waals surface area contributed by atoms with Crippen LogP contribution in [0.25, 0.3) is 0 Å². The van der Waals surface area contributed by atoms with Gasteiger partial charge in [0.05, 0.1) is 11.3 Å². The fraction of sp³-hybridized carbons (Fsp3) is 0.222. The summed E-state index contributed by atoms with van der Waals surface area (Å²) in [6.45, 7) is 0. The molecule has 1 N–H and O–H groups in total. The van der Waals surface area contributed by atoms with Crippen LogP contribution in [0.5, 0.6) is 0 Å². The van der Waals surface area contributed by atoms with Crippen LogP contribution in [0.3, 0.4) is 0 Å². The van der Waals surface area contributed by atoms with Gasteiger partial charge in [0, 0.05) is 18.0 Å². The number of thiazole rings is 1. The molecule has 0 radical (unpaired) electrons. The maximum absolute atomic E-state index is 9.65. The average Bonchev–Trinajstić information content (AvgIpc) is 2.74. The summed E-state index contributed by atoms with van der Waals surface area (Å²) in [5.74, 6) is 0.593. The van der Waals surface area contributed by atoms with Crippen molar-refractivity contribution in [1.82, 2.24) is 4.98 Å². The first-order valence-corrected chi connectivity index (χ1v) is 4.84. The quantitative estimate of drug-likeness (QED) is 0.814. The zero-order valence-corrected chi connectivity index (χ0v) is 7.70. The summed E-state index contributed by atoms with van der Waals surface area (Å²) in [6.07, 6.45) is 3.22. The van der Waals surface area contributed by atoms with E-state index in [0.717, 1.165) is 5.01 Å². The minimum absolute atomic E-state index is 0.519. The van der Waals surface area contributed by atoms with Gasteiger partial charge in [-0.15, -0.1) is 11.3 Å². The second-order valence-corrected chi connectivity index (χ2v) is 3.64. The fourth-order valence-electron chi connectivity index (χ4n) is 1.10. The number of furan rings is 1. The Morgan fingerprint density at radius 2 is 2.54 bits per heavy atom. The molecule has 0 aliphatic rings. The Morgan fingerprint density at radius 1 is 1.62 bits per heavy atom. The second kappa shape index (κ2) is 3.72. The maximum atomic E-state index is 9.65. The molecule has 0 aliphatic carbocycles. The van der Waals surface area contributed by atoms with Crippen LogP contribution >= 0.6 is 11.3 Å². The van der Waals surface area contributed by atoms with Crippen LogP contribution in [0.4, 0.5) is 0 Å². The largest absolute Gasteiger partial charge is 0.467 e. The number of hydrogen-bond donors (Lipinski definition) is 1. The Bertz CT molecular complexity index is 342. The van der Waals surface area contributed by atoms with E-state index in [1.807, 2.05) is 5.38 Å². The van der Waals surface area contributed by atoms with Gasteiger partial charge in [-0.25, -0.2) is 4.98 Å². The van der Waals surface area contributed by atoms with Crippen LogP contribution < -0.4 is 0 Å². The number of aliphatic hydroxyl groups excluding tert-OH is 1. The molecule has 0 saturated carbocycles. The molecule has 0 aliphatic heterocycles. The molecule has 0 fully saturated rings. The number of nitrogens with zero attached hydrogens (tertiary/aromatic N) is 1. The molecule has 4 heteroatoms. The van der Waals surface area contributed by atoms with Crippen LogP contribution in [0.15, 0.2) is 34.4 Å². The van der Waals surface area contributed by atoms with Crippen LogP contribution in [-0.4, -0.2) is 10.1 Å². The van der Waals surface area contributed by atoms with E-state index in [9.17, 15) is 5.11 Å². The predicted molar refractivity (Wildman–Crippen MR) is 49.5 cm³/mol. The average molecular weight is 195 g/mol. The van der Waals surface area contributed by atoms with Crippen molar-refractivity contribution in [1.29, 1.82) is 0 Å². The molecule has 3 nitrogen and oxygen atoms in total. The first-order chi connectivity index (χ1) is 6.36. The van der Waals surface area contributed by atoms with Gasteiger partial charge in [0.2, 0.25) is 0 Å². The topological polar surface area (TPSA) is 46.3 Å². The van der Waals surface area contributed by atoms with Crippen molar-refractivity contribution in [3.05, 3.63) is 40.7 Å². The molecular formula is C9H9NO2S. The first-order valence-electron chi connectivity index (χ1n) is 3.96. The Morgan fingerprint density at radius 3 is 3.15 bits per heavy atom. The Hall–Kier alpha value is -1.13. The Kier molecular flexibility index (Phi) is 2.42. The summed E-state index contributed by atoms with van der Waals surface area (Å²) in [6, 6.07) is 3.53. The van der Waals surface area contributed by atoms with Crippen LogP contribution in [-0.2, 0) is 6.42 Å². The lowest BCUT2D eigenvalue weighted by Crippen LogP contribution is -1.99. The van der Waals surface area contributed by atoms with Gasteiger partial charge in [0.1, 0.15) is 11.9 Å². The van der Waals surface area contributed by atoms with Crippen molar-refractivity contribution >= 4 is 11.3 Å². The summed E-state index contributed by atoms with van der Waals surface area (Å²) < 4.78 is 5.07. The van der Waals surface area contributed by atoms with Crippen molar-refractivity contribution in [2.24, 2.45) is 0 Å². The van der Waals surface area contributed by atoms with Gasteiger partial charge in [-0.2, -0.15) is 0 Å². The molecule has 13 heavy (non-hydrogen) atoms. The van der Waals surface area contributed by atoms with Crippen LogP contribution in [0.2, 0.25) is 0 Å². The first kappa shape index (κ1) is 8.47. The molecule has 0 spiro atoms. The zero-order chi connectivity index (χ0) is 9.10.